The van der Waals surface area contributed by atoms with Gasteiger partial charge in [-0.1, -0.05) is 5.16 Å². The van der Waals surface area contributed by atoms with E-state index >= 15 is 0 Å². The van der Waals surface area contributed by atoms with E-state index in [4.69, 9.17) is 4.52 Å². The van der Waals surface area contributed by atoms with Crippen LogP contribution in [0, 0.1) is 12.7 Å². The van der Waals surface area contributed by atoms with E-state index in [1.54, 1.807) is 6.92 Å². The molecule has 5 heterocycles. The van der Waals surface area contributed by atoms with Crippen LogP contribution in [0.25, 0.3) is 11.3 Å². The van der Waals surface area contributed by atoms with Crippen molar-refractivity contribution in [3.05, 3.63) is 41.0 Å². The predicted octanol–water partition coefficient (Wildman–Crippen LogP) is 2.46. The van der Waals surface area contributed by atoms with Crippen molar-refractivity contribution in [2.24, 2.45) is 0 Å². The number of hydrogen-bond donors (Lipinski definition) is 2. The Kier molecular flexibility index (Phi) is 3.97. The van der Waals surface area contributed by atoms with E-state index in [0.29, 0.717) is 29.3 Å². The maximum atomic E-state index is 13.0. The van der Waals surface area contributed by atoms with Crippen LogP contribution in [0.15, 0.2) is 23.1 Å². The Labute approximate surface area is 161 Å². The Morgan fingerprint density at radius 3 is 2.96 bits per heavy atom. The first-order valence-corrected chi connectivity index (χ1v) is 9.30. The van der Waals surface area contributed by atoms with Crippen molar-refractivity contribution in [3.8, 4) is 11.3 Å². The molecule has 0 saturated heterocycles. The van der Waals surface area contributed by atoms with Crippen molar-refractivity contribution in [3.63, 3.8) is 0 Å². The molecule has 1 aliphatic heterocycles. The van der Waals surface area contributed by atoms with Crippen molar-refractivity contribution in [1.29, 1.82) is 0 Å². The summed E-state index contributed by atoms with van der Waals surface area (Å²) < 4.78 is 18.2. The molecule has 142 valence electrons. The van der Waals surface area contributed by atoms with Gasteiger partial charge in [0.1, 0.15) is 0 Å². The van der Waals surface area contributed by atoms with Gasteiger partial charge in [0.2, 0.25) is 11.8 Å². The van der Waals surface area contributed by atoms with Crippen molar-refractivity contribution >= 4 is 28.2 Å². The molecule has 28 heavy (non-hydrogen) atoms. The van der Waals surface area contributed by atoms with E-state index in [2.05, 4.69) is 45.5 Å². The lowest BCUT2D eigenvalue weighted by atomic mass is 10.2. The highest BCUT2D eigenvalue weighted by molar-refractivity contribution is 7.16. The minimum atomic E-state index is -0.486. The monoisotopic (exact) mass is 399 g/mol. The summed E-state index contributed by atoms with van der Waals surface area (Å²) in [4.78, 5) is 20.0. The molecule has 0 fully saturated rings. The first-order valence-electron chi connectivity index (χ1n) is 8.48. The third kappa shape index (κ3) is 3.07. The van der Waals surface area contributed by atoms with Crippen LogP contribution in [-0.2, 0) is 13.0 Å². The van der Waals surface area contributed by atoms with Crippen LogP contribution >= 0.6 is 11.3 Å². The number of thiazole rings is 1. The Balaban J connectivity index is 1.43. The fourth-order valence-electron chi connectivity index (χ4n) is 3.02. The third-order valence-corrected chi connectivity index (χ3v) is 5.25. The number of nitrogens with one attached hydrogen (secondary N) is 2. The molecular formula is C16H14FN9OS. The van der Waals surface area contributed by atoms with Gasteiger partial charge in [0.05, 0.1) is 30.2 Å². The zero-order valence-corrected chi connectivity index (χ0v) is 15.5. The molecule has 0 unspecified atom stereocenters. The molecule has 0 amide bonds. The molecule has 0 saturated carbocycles. The van der Waals surface area contributed by atoms with Gasteiger partial charge in [0, 0.05) is 24.0 Å². The number of fused-ring (bicyclic) bond motifs is 3. The fraction of sp³-hybridized carbons (Fsp3) is 0.250. The normalized spacial score (nSPS) is 13.1. The molecule has 4 aromatic heterocycles. The maximum Gasteiger partial charge on any atom is 0.246 e. The second-order valence-electron chi connectivity index (χ2n) is 6.17. The maximum absolute atomic E-state index is 13.0. The van der Waals surface area contributed by atoms with Gasteiger partial charge in [-0.25, -0.2) is 19.3 Å². The molecular weight excluding hydrogens is 385 g/mol. The Hall–Kier alpha value is -3.41. The number of H-pyrrole nitrogens is 1. The molecule has 0 spiro atoms. The zero-order valence-electron chi connectivity index (χ0n) is 14.7. The van der Waals surface area contributed by atoms with Crippen LogP contribution in [-0.4, -0.2) is 41.8 Å². The quantitative estimate of drug-likeness (QED) is 0.533. The lowest BCUT2D eigenvalue weighted by Gasteiger charge is -2.19. The Morgan fingerprint density at radius 2 is 2.18 bits per heavy atom. The summed E-state index contributed by atoms with van der Waals surface area (Å²) in [6.45, 7) is 2.99. The molecule has 0 aromatic carbocycles. The van der Waals surface area contributed by atoms with Gasteiger partial charge in [-0.2, -0.15) is 10.1 Å². The number of aryl methyl sites for hydroxylation is 1. The molecule has 0 radical (unpaired) electrons. The van der Waals surface area contributed by atoms with E-state index < -0.39 is 5.82 Å². The van der Waals surface area contributed by atoms with Gasteiger partial charge in [-0.15, -0.1) is 11.3 Å². The molecule has 10 nitrogen and oxygen atoms in total. The van der Waals surface area contributed by atoms with Gasteiger partial charge in [-0.3, -0.25) is 5.10 Å². The van der Waals surface area contributed by atoms with Crippen LogP contribution in [0.4, 0.5) is 21.3 Å². The van der Waals surface area contributed by atoms with Crippen molar-refractivity contribution in [2.45, 2.75) is 19.9 Å². The molecule has 1 aliphatic rings. The largest absolute Gasteiger partial charge is 0.345 e. The number of nitrogens with zero attached hydrogens (tertiary/aromatic N) is 7. The first kappa shape index (κ1) is 16.7. The number of hydrogen-bond acceptors (Lipinski definition) is 10. The predicted molar refractivity (Wildman–Crippen MR) is 98.8 cm³/mol. The number of aromatic nitrogens is 7. The minimum absolute atomic E-state index is 0.297. The molecule has 0 aliphatic carbocycles. The molecule has 2 N–H and O–H groups in total. The Morgan fingerprint density at radius 1 is 1.32 bits per heavy atom. The highest BCUT2D eigenvalue weighted by atomic mass is 32.1. The summed E-state index contributed by atoms with van der Waals surface area (Å²) in [6, 6.07) is 0. The average molecular weight is 399 g/mol. The third-order valence-electron chi connectivity index (χ3n) is 4.22. The second kappa shape index (κ2) is 6.64. The average Bonchev–Trinajstić information content (AvgIpc) is 3.39. The van der Waals surface area contributed by atoms with Gasteiger partial charge in [0.15, 0.2) is 22.6 Å². The van der Waals surface area contributed by atoms with Gasteiger partial charge in [-0.05, 0) is 6.92 Å². The van der Waals surface area contributed by atoms with Crippen LogP contribution in [0.3, 0.4) is 0 Å². The van der Waals surface area contributed by atoms with Gasteiger partial charge in [0.25, 0.3) is 0 Å². The molecule has 5 rings (SSSR count). The lowest BCUT2D eigenvalue weighted by Crippen LogP contribution is -2.25. The van der Waals surface area contributed by atoms with Crippen LogP contribution in [0.2, 0.25) is 0 Å². The van der Waals surface area contributed by atoms with Crippen molar-refractivity contribution in [1.82, 2.24) is 35.3 Å². The van der Waals surface area contributed by atoms with E-state index in [9.17, 15) is 4.39 Å². The fourth-order valence-corrected chi connectivity index (χ4v) is 3.98. The highest BCUT2D eigenvalue weighted by Gasteiger charge is 2.27. The lowest BCUT2D eigenvalue weighted by molar-refractivity contribution is 0.372. The zero-order chi connectivity index (χ0) is 19.1. The van der Waals surface area contributed by atoms with E-state index in [1.807, 2.05) is 6.20 Å². The van der Waals surface area contributed by atoms with E-state index in [0.717, 1.165) is 47.3 Å². The minimum Gasteiger partial charge on any atom is -0.345 e. The SMILES string of the molecule is Cc1noc(CN2CCc3sc(Nc4ncc(F)cn4)nc3-c3c[nH]nc32)n1. The number of rotatable bonds is 4. The van der Waals surface area contributed by atoms with E-state index in [-0.39, 0.29) is 0 Å². The first-order chi connectivity index (χ1) is 13.7. The summed E-state index contributed by atoms with van der Waals surface area (Å²) in [5, 5.41) is 14.8. The number of halogens is 1. The molecule has 0 bridgehead atoms. The van der Waals surface area contributed by atoms with Crippen molar-refractivity contribution in [2.75, 3.05) is 16.8 Å². The highest BCUT2D eigenvalue weighted by Crippen LogP contribution is 2.39. The summed E-state index contributed by atoms with van der Waals surface area (Å²) in [7, 11) is 0. The van der Waals surface area contributed by atoms with Crippen LogP contribution in [0.5, 0.6) is 0 Å². The van der Waals surface area contributed by atoms with Crippen LogP contribution in [0.1, 0.15) is 16.6 Å². The summed E-state index contributed by atoms with van der Waals surface area (Å²) >= 11 is 1.51. The standard InChI is InChI=1S/C16H14FN9OS/c1-8-21-12(27-25-8)7-26-3-2-11-13(10-6-20-24-14(10)26)22-16(28-11)23-15-18-4-9(17)5-19-15/h4-6H,2-3,7H2,1H3,(H,20,24)(H,18,19,22,23). The number of aromatic amines is 1. The molecule has 12 heteroatoms. The number of anilines is 3. The summed E-state index contributed by atoms with van der Waals surface area (Å²) in [5.41, 5.74) is 1.75. The van der Waals surface area contributed by atoms with Crippen LogP contribution < -0.4 is 10.2 Å². The summed E-state index contributed by atoms with van der Waals surface area (Å²) in [5.74, 6) is 1.74. The summed E-state index contributed by atoms with van der Waals surface area (Å²) in [6.07, 6.45) is 4.82. The smallest absolute Gasteiger partial charge is 0.246 e. The van der Waals surface area contributed by atoms with Gasteiger partial charge >= 0.3 is 0 Å². The van der Waals surface area contributed by atoms with Gasteiger partial charge < -0.3 is 14.7 Å². The molecule has 0 atom stereocenters. The molecule has 4 aromatic rings. The van der Waals surface area contributed by atoms with E-state index in [1.165, 1.54) is 11.3 Å². The second-order valence-corrected chi connectivity index (χ2v) is 7.25. The Bertz CT molecular complexity index is 1120. The van der Waals surface area contributed by atoms with Crippen molar-refractivity contribution < 1.29 is 8.91 Å². The topological polar surface area (TPSA) is 122 Å².